The van der Waals surface area contributed by atoms with Crippen LogP contribution in [0, 0.1) is 5.82 Å². The number of benzene rings is 1. The van der Waals surface area contributed by atoms with Gasteiger partial charge in [-0.15, -0.1) is 0 Å². The third kappa shape index (κ3) is 3.97. The smallest absolute Gasteiger partial charge is 0.341 e. The minimum Gasteiger partial charge on any atom is -0.477 e. The number of nitrogens with zero attached hydrogens (tertiary/aromatic N) is 4. The molecule has 2 fully saturated rings. The summed E-state index contributed by atoms with van der Waals surface area (Å²) in [6, 6.07) is 4.68. The molecule has 1 aromatic carbocycles. The van der Waals surface area contributed by atoms with Crippen LogP contribution < -0.4 is 10.3 Å². The number of anilines is 1. The van der Waals surface area contributed by atoms with E-state index in [1.54, 1.807) is 16.7 Å². The van der Waals surface area contributed by atoms with Gasteiger partial charge in [0.25, 0.3) is 0 Å². The molecular weight excluding hydrogens is 431 g/mol. The first-order valence-corrected chi connectivity index (χ1v) is 10.8. The summed E-state index contributed by atoms with van der Waals surface area (Å²) in [6.07, 6.45) is 6.21. The second-order valence-electron chi connectivity index (χ2n) is 8.46. The number of oxime groups is 1. The summed E-state index contributed by atoms with van der Waals surface area (Å²) in [6.45, 7) is 2.79. The molecule has 0 radical (unpaired) electrons. The Morgan fingerprint density at radius 1 is 1.21 bits per heavy atom. The van der Waals surface area contributed by atoms with Crippen molar-refractivity contribution in [3.05, 3.63) is 64.1 Å². The van der Waals surface area contributed by atoms with Gasteiger partial charge in [-0.25, -0.2) is 9.18 Å². The summed E-state index contributed by atoms with van der Waals surface area (Å²) in [4.78, 5) is 28.2. The van der Waals surface area contributed by atoms with E-state index in [2.05, 4.69) is 10.1 Å². The number of fused-ring (bicyclic) bond motifs is 1. The van der Waals surface area contributed by atoms with Crippen molar-refractivity contribution in [2.75, 3.05) is 37.6 Å². The van der Waals surface area contributed by atoms with Crippen LogP contribution in [0.2, 0.25) is 0 Å². The lowest BCUT2D eigenvalue weighted by Gasteiger charge is -2.36. The topological polar surface area (TPSA) is 112 Å². The van der Waals surface area contributed by atoms with E-state index >= 15 is 4.39 Å². The van der Waals surface area contributed by atoms with E-state index in [0.29, 0.717) is 55.2 Å². The Morgan fingerprint density at radius 2 is 1.97 bits per heavy atom. The number of hydrogen-bond donors (Lipinski definition) is 2. The van der Waals surface area contributed by atoms with Gasteiger partial charge in [0.15, 0.2) is 0 Å². The van der Waals surface area contributed by atoms with Crippen molar-refractivity contribution in [2.45, 2.75) is 18.9 Å². The van der Waals surface area contributed by atoms with Crippen LogP contribution in [0.15, 0.2) is 51.3 Å². The maximum Gasteiger partial charge on any atom is 0.341 e. The molecule has 0 bridgehead atoms. The van der Waals surface area contributed by atoms with Gasteiger partial charge in [-0.2, -0.15) is 0 Å². The predicted molar refractivity (Wildman–Crippen MR) is 119 cm³/mol. The van der Waals surface area contributed by atoms with Crippen LogP contribution in [-0.4, -0.2) is 64.2 Å². The van der Waals surface area contributed by atoms with E-state index in [0.717, 1.165) is 12.8 Å². The molecule has 9 nitrogen and oxygen atoms in total. The van der Waals surface area contributed by atoms with Crippen molar-refractivity contribution in [2.24, 2.45) is 5.16 Å². The molecule has 1 saturated carbocycles. The van der Waals surface area contributed by atoms with Gasteiger partial charge in [-0.05, 0) is 31.0 Å². The third-order valence-electron chi connectivity index (χ3n) is 6.33. The average molecular weight is 454 g/mol. The van der Waals surface area contributed by atoms with Crippen molar-refractivity contribution in [1.82, 2.24) is 9.47 Å². The summed E-state index contributed by atoms with van der Waals surface area (Å²) >= 11 is 0. The molecule has 33 heavy (non-hydrogen) atoms. The normalized spacial score (nSPS) is 17.6. The lowest BCUT2D eigenvalue weighted by Crippen LogP contribution is -2.48. The van der Waals surface area contributed by atoms with Crippen LogP contribution in [0.5, 0.6) is 0 Å². The molecule has 1 aliphatic carbocycles. The van der Waals surface area contributed by atoms with Gasteiger partial charge in [0.1, 0.15) is 17.1 Å². The molecule has 10 heteroatoms. The van der Waals surface area contributed by atoms with E-state index in [4.69, 9.17) is 4.42 Å². The molecule has 5 rings (SSSR count). The Hall–Kier alpha value is -3.66. The lowest BCUT2D eigenvalue weighted by molar-refractivity contribution is 0.0695. The summed E-state index contributed by atoms with van der Waals surface area (Å²) < 4.78 is 22.0. The second kappa shape index (κ2) is 8.36. The molecule has 1 saturated heterocycles. The van der Waals surface area contributed by atoms with Crippen LogP contribution in [0.3, 0.4) is 0 Å². The number of pyridine rings is 1. The number of carbonyl (C=O) groups is 1. The summed E-state index contributed by atoms with van der Waals surface area (Å²) in [5.74, 6) is -1.85. The van der Waals surface area contributed by atoms with Gasteiger partial charge < -0.3 is 24.2 Å². The highest BCUT2D eigenvalue weighted by atomic mass is 19.1. The zero-order valence-electron chi connectivity index (χ0n) is 17.8. The van der Waals surface area contributed by atoms with Crippen molar-refractivity contribution in [1.29, 1.82) is 0 Å². The largest absolute Gasteiger partial charge is 0.477 e. The summed E-state index contributed by atoms with van der Waals surface area (Å²) in [5, 5.41) is 22.2. The Labute approximate surface area is 187 Å². The Kier molecular flexibility index (Phi) is 5.37. The zero-order valence-corrected chi connectivity index (χ0v) is 17.8. The fourth-order valence-electron chi connectivity index (χ4n) is 4.38. The molecule has 2 aromatic heterocycles. The highest BCUT2D eigenvalue weighted by molar-refractivity contribution is 6.01. The molecule has 0 unspecified atom stereocenters. The molecule has 2 aliphatic rings. The van der Waals surface area contributed by atoms with Crippen LogP contribution in [0.25, 0.3) is 10.9 Å². The van der Waals surface area contributed by atoms with Gasteiger partial charge in [0.05, 0.1) is 23.7 Å². The number of piperazine rings is 1. The minimum atomic E-state index is -1.31. The Morgan fingerprint density at radius 3 is 2.58 bits per heavy atom. The highest BCUT2D eigenvalue weighted by Gasteiger charge is 2.28. The summed E-state index contributed by atoms with van der Waals surface area (Å²) in [7, 11) is 0. The highest BCUT2D eigenvalue weighted by Crippen LogP contribution is 2.38. The fourth-order valence-corrected chi connectivity index (χ4v) is 4.38. The monoisotopic (exact) mass is 454 g/mol. The third-order valence-corrected chi connectivity index (χ3v) is 6.33. The van der Waals surface area contributed by atoms with E-state index in [9.17, 15) is 19.9 Å². The molecule has 0 atom stereocenters. The van der Waals surface area contributed by atoms with Gasteiger partial charge >= 0.3 is 5.97 Å². The first-order valence-electron chi connectivity index (χ1n) is 10.8. The minimum absolute atomic E-state index is 0.0885. The van der Waals surface area contributed by atoms with Gasteiger partial charge in [0.2, 0.25) is 5.43 Å². The predicted octanol–water partition coefficient (Wildman–Crippen LogP) is 2.77. The molecule has 3 heterocycles. The number of carboxylic acids is 1. The van der Waals surface area contributed by atoms with Crippen molar-refractivity contribution in [3.8, 4) is 0 Å². The molecular formula is C23H23FN4O5. The van der Waals surface area contributed by atoms with E-state index < -0.39 is 17.2 Å². The molecule has 0 spiro atoms. The number of halogens is 1. The van der Waals surface area contributed by atoms with Crippen LogP contribution >= 0.6 is 0 Å². The zero-order chi connectivity index (χ0) is 23.1. The number of aromatic nitrogens is 1. The van der Waals surface area contributed by atoms with E-state index in [1.807, 2.05) is 4.90 Å². The van der Waals surface area contributed by atoms with Gasteiger partial charge in [-0.1, -0.05) is 5.16 Å². The maximum absolute atomic E-state index is 15.1. The van der Waals surface area contributed by atoms with Crippen molar-refractivity contribution < 1.29 is 23.9 Å². The van der Waals surface area contributed by atoms with Gasteiger partial charge in [-0.3, -0.25) is 9.69 Å². The molecule has 0 amide bonds. The fraction of sp³-hybridized carbons (Fsp3) is 0.348. The first kappa shape index (κ1) is 21.2. The molecule has 172 valence electrons. The number of rotatable bonds is 6. The van der Waals surface area contributed by atoms with Crippen LogP contribution in [0.4, 0.5) is 10.1 Å². The molecule has 2 N–H and O–H groups in total. The van der Waals surface area contributed by atoms with E-state index in [1.165, 1.54) is 24.8 Å². The molecule has 1 aliphatic heterocycles. The maximum atomic E-state index is 15.1. The number of furan rings is 1. The number of aromatic carboxylic acids is 1. The quantitative estimate of drug-likeness (QED) is 0.335. The van der Waals surface area contributed by atoms with E-state index in [-0.39, 0.29) is 17.0 Å². The van der Waals surface area contributed by atoms with Crippen molar-refractivity contribution >= 4 is 28.3 Å². The average Bonchev–Trinajstić information content (AvgIpc) is 3.51. The standard InChI is InChI=1S/C23H23FN4O5/c24-18-9-16-20(28(15-1-2-15)11-17(22(16)29)23(30)31)10-21(18)27-6-4-26(5-7-27)12-19(25-32)14-3-8-33-13-14/h3,8-11,13,15,32H,1-2,4-7,12H2,(H,30,31)/b25-19-. The SMILES string of the molecule is O=C(O)c1cn(C2CC2)c2cc(N3CCN(C/C(=N/O)c4ccoc4)CC3)c(F)cc2c1=O. The summed E-state index contributed by atoms with van der Waals surface area (Å²) in [5.41, 5.74) is 1.15. The van der Waals surface area contributed by atoms with Crippen LogP contribution in [-0.2, 0) is 0 Å². The first-order chi connectivity index (χ1) is 16.0. The molecule has 3 aromatic rings. The lowest BCUT2D eigenvalue weighted by atomic mass is 10.1. The second-order valence-corrected chi connectivity index (χ2v) is 8.46. The van der Waals surface area contributed by atoms with Gasteiger partial charge in [0, 0.05) is 55.9 Å². The Bertz CT molecular complexity index is 1290. The van der Waals surface area contributed by atoms with Crippen molar-refractivity contribution in [3.63, 3.8) is 0 Å². The number of hydrogen-bond acceptors (Lipinski definition) is 7. The number of carboxylic acid groups (broad SMARTS) is 1. The Balaban J connectivity index is 1.40. The van der Waals surface area contributed by atoms with Crippen LogP contribution in [0.1, 0.15) is 34.8 Å².